The van der Waals surface area contributed by atoms with Crippen LogP contribution in [-0.2, 0) is 22.4 Å². The van der Waals surface area contributed by atoms with Crippen LogP contribution in [-0.4, -0.2) is 0 Å². The SMILES string of the molecule is [Cl-].[Cl-].[Cl-].[Ta+5].c1cc[cH-]c1.c1cc[cH-]c1. The van der Waals surface area contributed by atoms with Gasteiger partial charge in [-0.15, -0.1) is 0 Å². The van der Waals surface area contributed by atoms with Crippen LogP contribution in [0.25, 0.3) is 0 Å². The molecule has 0 saturated carbocycles. The van der Waals surface area contributed by atoms with Gasteiger partial charge in [-0.3, -0.25) is 0 Å². The van der Waals surface area contributed by atoms with Gasteiger partial charge in [0.25, 0.3) is 0 Å². The molecule has 0 aromatic heterocycles. The van der Waals surface area contributed by atoms with Gasteiger partial charge in [-0.2, -0.15) is 36.4 Å². The maximum atomic E-state index is 2.00. The normalized spacial score (nSPS) is 5.71. The molecule has 0 bridgehead atoms. The first-order valence-electron chi connectivity index (χ1n) is 3.33. The molecule has 0 atom stereocenters. The predicted octanol–water partition coefficient (Wildman–Crippen LogP) is -6.18. The average Bonchev–Trinajstić information content (AvgIpc) is 2.67. The van der Waals surface area contributed by atoms with Crippen molar-refractivity contribution in [2.75, 3.05) is 0 Å². The first-order chi connectivity index (χ1) is 5.00. The van der Waals surface area contributed by atoms with Crippen LogP contribution in [0.2, 0.25) is 0 Å². The molecule has 0 radical (unpaired) electrons. The van der Waals surface area contributed by atoms with Crippen molar-refractivity contribution in [3.63, 3.8) is 0 Å². The molecule has 0 saturated heterocycles. The van der Waals surface area contributed by atoms with Gasteiger partial charge >= 0.3 is 22.4 Å². The molecular formula is C10H10Cl3Ta. The number of rotatable bonds is 0. The Labute approximate surface area is 120 Å². The van der Waals surface area contributed by atoms with Crippen LogP contribution in [0.3, 0.4) is 0 Å². The van der Waals surface area contributed by atoms with E-state index in [1.54, 1.807) is 0 Å². The van der Waals surface area contributed by atoms with Gasteiger partial charge in [-0.1, -0.05) is 0 Å². The maximum absolute atomic E-state index is 2.00. The molecule has 4 heteroatoms. The van der Waals surface area contributed by atoms with Crippen LogP contribution in [0.1, 0.15) is 0 Å². The standard InChI is InChI=1S/2C5H5.3ClH.Ta/c2*1-2-4-5-3-1;;;;/h2*1-5H;3*1H;/q2*-1;;;;+5/p-3. The molecule has 76 valence electrons. The van der Waals surface area contributed by atoms with E-state index in [0.717, 1.165) is 0 Å². The third-order valence-corrected chi connectivity index (χ3v) is 1.11. The molecule has 0 aliphatic heterocycles. The van der Waals surface area contributed by atoms with Gasteiger partial charge in [-0.05, 0) is 0 Å². The first-order valence-corrected chi connectivity index (χ1v) is 3.33. The fourth-order valence-electron chi connectivity index (χ4n) is 0.642. The summed E-state index contributed by atoms with van der Waals surface area (Å²) in [6.07, 6.45) is 0. The Morgan fingerprint density at radius 3 is 0.786 bits per heavy atom. The maximum Gasteiger partial charge on any atom is 5.00 e. The summed E-state index contributed by atoms with van der Waals surface area (Å²) in [5.74, 6) is 0. The summed E-state index contributed by atoms with van der Waals surface area (Å²) in [4.78, 5) is 0. The van der Waals surface area contributed by atoms with Gasteiger partial charge in [0, 0.05) is 0 Å². The Bertz CT molecular complexity index is 155. The second-order valence-electron chi connectivity index (χ2n) is 1.92. The van der Waals surface area contributed by atoms with Crippen molar-refractivity contribution in [3.05, 3.63) is 60.7 Å². The Hall–Kier alpha value is 0.310. The molecule has 2 aromatic carbocycles. The van der Waals surface area contributed by atoms with Crippen molar-refractivity contribution in [1.82, 2.24) is 0 Å². The number of hydrogen-bond donors (Lipinski definition) is 0. The molecule has 0 aliphatic carbocycles. The summed E-state index contributed by atoms with van der Waals surface area (Å²) in [5.41, 5.74) is 0. The van der Waals surface area contributed by atoms with E-state index in [0.29, 0.717) is 0 Å². The van der Waals surface area contributed by atoms with E-state index in [2.05, 4.69) is 0 Å². The Morgan fingerprint density at radius 2 is 0.714 bits per heavy atom. The fourth-order valence-corrected chi connectivity index (χ4v) is 0.642. The molecule has 2 aromatic rings. The van der Waals surface area contributed by atoms with Gasteiger partial charge in [0.2, 0.25) is 0 Å². The molecule has 0 amide bonds. The smallest absolute Gasteiger partial charge is 1.00 e. The molecular weight excluding hydrogens is 407 g/mol. The molecule has 2 rings (SSSR count). The predicted molar refractivity (Wildman–Crippen MR) is 44.1 cm³/mol. The van der Waals surface area contributed by atoms with Crippen LogP contribution in [0.4, 0.5) is 0 Å². The summed E-state index contributed by atoms with van der Waals surface area (Å²) in [6, 6.07) is 20.0. The van der Waals surface area contributed by atoms with Crippen molar-refractivity contribution in [2.45, 2.75) is 0 Å². The van der Waals surface area contributed by atoms with Crippen molar-refractivity contribution >= 4 is 0 Å². The average molecular weight is 417 g/mol. The minimum atomic E-state index is 0. The Morgan fingerprint density at radius 1 is 0.500 bits per heavy atom. The van der Waals surface area contributed by atoms with Gasteiger partial charge in [0.1, 0.15) is 0 Å². The van der Waals surface area contributed by atoms with Gasteiger partial charge in [0.05, 0.1) is 0 Å². The van der Waals surface area contributed by atoms with Crippen LogP contribution in [0, 0.1) is 0 Å². The summed E-state index contributed by atoms with van der Waals surface area (Å²) in [7, 11) is 0. The molecule has 0 N–H and O–H groups in total. The summed E-state index contributed by atoms with van der Waals surface area (Å²) >= 11 is 0. The fraction of sp³-hybridized carbons (Fsp3) is 0. The van der Waals surface area contributed by atoms with E-state index in [4.69, 9.17) is 0 Å². The van der Waals surface area contributed by atoms with Gasteiger partial charge < -0.3 is 37.2 Å². The zero-order valence-corrected chi connectivity index (χ0v) is 12.8. The van der Waals surface area contributed by atoms with E-state index in [9.17, 15) is 0 Å². The van der Waals surface area contributed by atoms with E-state index >= 15 is 0 Å². The zero-order chi connectivity index (χ0) is 7.07. The van der Waals surface area contributed by atoms with Crippen molar-refractivity contribution < 1.29 is 59.6 Å². The molecule has 0 spiro atoms. The molecule has 0 heterocycles. The molecule has 0 unspecified atom stereocenters. The topological polar surface area (TPSA) is 0 Å². The Kier molecular flexibility index (Phi) is 32.3. The van der Waals surface area contributed by atoms with E-state index < -0.39 is 0 Å². The van der Waals surface area contributed by atoms with Crippen molar-refractivity contribution in [2.24, 2.45) is 0 Å². The summed E-state index contributed by atoms with van der Waals surface area (Å²) in [6.45, 7) is 0. The number of halogens is 3. The van der Waals surface area contributed by atoms with Gasteiger partial charge in [-0.25, -0.2) is 24.3 Å². The van der Waals surface area contributed by atoms with E-state index in [1.165, 1.54) is 0 Å². The second kappa shape index (κ2) is 19.0. The first kappa shape index (κ1) is 23.8. The van der Waals surface area contributed by atoms with E-state index in [1.807, 2.05) is 60.7 Å². The summed E-state index contributed by atoms with van der Waals surface area (Å²) in [5, 5.41) is 0. The molecule has 14 heavy (non-hydrogen) atoms. The molecule has 0 fully saturated rings. The zero-order valence-electron chi connectivity index (χ0n) is 7.35. The number of hydrogen-bond acceptors (Lipinski definition) is 0. The minimum Gasteiger partial charge on any atom is -1.00 e. The molecule has 0 nitrogen and oxygen atoms in total. The quantitative estimate of drug-likeness (QED) is 0.375. The minimum absolute atomic E-state index is 0. The largest absolute Gasteiger partial charge is 5.00 e. The van der Waals surface area contributed by atoms with Crippen LogP contribution in [0.5, 0.6) is 0 Å². The third kappa shape index (κ3) is 14.8. The van der Waals surface area contributed by atoms with Crippen molar-refractivity contribution in [3.8, 4) is 0 Å². The second-order valence-corrected chi connectivity index (χ2v) is 1.92. The van der Waals surface area contributed by atoms with Crippen LogP contribution in [0.15, 0.2) is 60.7 Å². The van der Waals surface area contributed by atoms with Crippen LogP contribution >= 0.6 is 0 Å². The van der Waals surface area contributed by atoms with Crippen LogP contribution < -0.4 is 37.2 Å². The van der Waals surface area contributed by atoms with Gasteiger partial charge in [0.15, 0.2) is 0 Å². The van der Waals surface area contributed by atoms with E-state index in [-0.39, 0.29) is 59.6 Å². The third-order valence-electron chi connectivity index (χ3n) is 1.11. The summed E-state index contributed by atoms with van der Waals surface area (Å²) < 4.78 is 0. The van der Waals surface area contributed by atoms with Crippen molar-refractivity contribution in [1.29, 1.82) is 0 Å². The molecule has 0 aliphatic rings. The monoisotopic (exact) mass is 416 g/mol. The Balaban J connectivity index is -0.0000000556.